The third kappa shape index (κ3) is 4.73. The summed E-state index contributed by atoms with van der Waals surface area (Å²) in [5.74, 6) is 0. The number of allylic oxidation sites excluding steroid dienone is 1. The molecule has 0 spiro atoms. The molecule has 0 N–H and O–H groups in total. The zero-order valence-electron chi connectivity index (χ0n) is 14.0. The Bertz CT molecular complexity index is 782. The molecule has 0 amide bonds. The zero-order chi connectivity index (χ0) is 17.4. The van der Waals surface area contributed by atoms with Crippen molar-refractivity contribution in [2.24, 2.45) is 0 Å². The van der Waals surface area contributed by atoms with Gasteiger partial charge < -0.3 is 4.79 Å². The number of carbonyl (C=O) groups excluding carboxylic acids is 1. The van der Waals surface area contributed by atoms with Crippen molar-refractivity contribution in [1.82, 2.24) is 4.98 Å². The summed E-state index contributed by atoms with van der Waals surface area (Å²) in [6.07, 6.45) is 5.20. The highest BCUT2D eigenvalue weighted by Gasteiger charge is 2.08. The molecule has 1 aromatic carbocycles. The third-order valence-corrected chi connectivity index (χ3v) is 3.55. The molecule has 23 heavy (non-hydrogen) atoms. The molecule has 122 valence electrons. The Balaban J connectivity index is 0.00000127. The molecule has 0 aliphatic carbocycles. The van der Waals surface area contributed by atoms with Crippen LogP contribution in [0.5, 0.6) is 0 Å². The van der Waals surface area contributed by atoms with E-state index in [2.05, 4.69) is 4.98 Å². The van der Waals surface area contributed by atoms with Crippen LogP contribution in [0.1, 0.15) is 45.2 Å². The number of aryl methyl sites for hydroxylation is 1. The fraction of sp³-hybridized carbons (Fsp3) is 0.316. The predicted octanol–water partition coefficient (Wildman–Crippen LogP) is 4.83. The highest BCUT2D eigenvalue weighted by Crippen LogP contribution is 2.17. The number of aldehydes is 1. The first kappa shape index (κ1) is 19.0. The van der Waals surface area contributed by atoms with Crippen LogP contribution in [0.25, 0.3) is 17.0 Å². The number of hydrogen-bond donors (Lipinski definition) is 0. The fourth-order valence-electron chi connectivity index (χ4n) is 2.23. The fourth-order valence-corrected chi connectivity index (χ4v) is 2.39. The van der Waals surface area contributed by atoms with E-state index in [4.69, 9.17) is 11.6 Å². The quantitative estimate of drug-likeness (QED) is 0.754. The van der Waals surface area contributed by atoms with Gasteiger partial charge in [-0.1, -0.05) is 50.1 Å². The van der Waals surface area contributed by atoms with Gasteiger partial charge in [0, 0.05) is 23.6 Å². The number of hydrogen-bond acceptors (Lipinski definition) is 3. The van der Waals surface area contributed by atoms with Crippen molar-refractivity contribution in [3.8, 4) is 0 Å². The average Bonchev–Trinajstić information content (AvgIpc) is 2.68. The number of halogens is 1. The van der Waals surface area contributed by atoms with E-state index < -0.39 is 0 Å². The summed E-state index contributed by atoms with van der Waals surface area (Å²) in [5.41, 5.74) is 2.90. The molecule has 2 rings (SSSR count). The molecule has 0 unspecified atom stereocenters. The Morgan fingerprint density at radius 2 is 2.00 bits per heavy atom. The van der Waals surface area contributed by atoms with Crippen LogP contribution in [-0.4, -0.2) is 11.3 Å². The Labute approximate surface area is 142 Å². The standard InChI is InChI=1S/C17H16ClNO2.C2H6/c1-3-12-4-5-16-15(9-13(18)10-19-16)17(21)14(12)8-11(2)6-7-20;1-2/h4-5,7-10H,3,6H2,1-2H3;1-2H3/b11-8+;. The van der Waals surface area contributed by atoms with Gasteiger partial charge in [0.25, 0.3) is 0 Å². The van der Waals surface area contributed by atoms with E-state index in [-0.39, 0.29) is 5.43 Å². The maximum absolute atomic E-state index is 12.8. The largest absolute Gasteiger partial charge is 0.303 e. The van der Waals surface area contributed by atoms with Gasteiger partial charge in [0.15, 0.2) is 5.43 Å². The molecule has 0 atom stereocenters. The Kier molecular flexibility index (Phi) is 7.63. The van der Waals surface area contributed by atoms with Gasteiger partial charge in [0.2, 0.25) is 0 Å². The number of rotatable bonds is 4. The summed E-state index contributed by atoms with van der Waals surface area (Å²) in [5, 5.41) is 0.927. The van der Waals surface area contributed by atoms with Gasteiger partial charge >= 0.3 is 0 Å². The SMILES string of the molecule is CC.CCc1ccc2ncc(Cl)cc2c(=O)c1/C=C(\C)CC=O. The number of aromatic nitrogens is 1. The Morgan fingerprint density at radius 3 is 2.61 bits per heavy atom. The van der Waals surface area contributed by atoms with Gasteiger partial charge in [0.1, 0.15) is 6.29 Å². The van der Waals surface area contributed by atoms with Crippen LogP contribution >= 0.6 is 11.6 Å². The van der Waals surface area contributed by atoms with Crippen LogP contribution in [0.3, 0.4) is 0 Å². The van der Waals surface area contributed by atoms with Crippen molar-refractivity contribution < 1.29 is 4.79 Å². The minimum absolute atomic E-state index is 0.105. The van der Waals surface area contributed by atoms with Gasteiger partial charge in [-0.25, -0.2) is 0 Å². The molecule has 0 aliphatic rings. The van der Waals surface area contributed by atoms with E-state index in [1.54, 1.807) is 12.1 Å². The van der Waals surface area contributed by atoms with Gasteiger partial charge in [-0.2, -0.15) is 0 Å². The Morgan fingerprint density at radius 1 is 1.30 bits per heavy atom. The minimum Gasteiger partial charge on any atom is -0.303 e. The molecule has 0 fully saturated rings. The van der Waals surface area contributed by atoms with E-state index in [0.717, 1.165) is 23.8 Å². The molecule has 2 aromatic rings. The number of carbonyl (C=O) groups is 1. The summed E-state index contributed by atoms with van der Waals surface area (Å²) < 4.78 is 0. The highest BCUT2D eigenvalue weighted by molar-refractivity contribution is 6.31. The molecular weight excluding hydrogens is 310 g/mol. The summed E-state index contributed by atoms with van der Waals surface area (Å²) in [7, 11) is 0. The molecule has 1 aromatic heterocycles. The first-order valence-corrected chi connectivity index (χ1v) is 8.17. The second kappa shape index (κ2) is 9.21. The lowest BCUT2D eigenvalue weighted by Gasteiger charge is -2.00. The van der Waals surface area contributed by atoms with E-state index >= 15 is 0 Å². The number of nitrogens with zero attached hydrogens (tertiary/aromatic N) is 1. The average molecular weight is 332 g/mol. The lowest BCUT2D eigenvalue weighted by molar-refractivity contribution is -0.107. The lowest BCUT2D eigenvalue weighted by atomic mass is 10.0. The van der Waals surface area contributed by atoms with E-state index in [1.807, 2.05) is 39.8 Å². The van der Waals surface area contributed by atoms with Crippen LogP contribution in [0.15, 0.2) is 34.8 Å². The third-order valence-electron chi connectivity index (χ3n) is 3.34. The molecule has 0 aliphatic heterocycles. The van der Waals surface area contributed by atoms with Crippen LogP contribution in [0.4, 0.5) is 0 Å². The molecule has 0 saturated carbocycles. The van der Waals surface area contributed by atoms with Crippen molar-refractivity contribution in [2.45, 2.75) is 40.5 Å². The first-order chi connectivity index (χ1) is 11.1. The molecule has 0 radical (unpaired) electrons. The van der Waals surface area contributed by atoms with Crippen LogP contribution in [0.2, 0.25) is 5.02 Å². The van der Waals surface area contributed by atoms with Crippen LogP contribution in [-0.2, 0) is 11.2 Å². The monoisotopic (exact) mass is 331 g/mol. The second-order valence-electron chi connectivity index (χ2n) is 4.90. The molecule has 3 nitrogen and oxygen atoms in total. The van der Waals surface area contributed by atoms with E-state index in [0.29, 0.717) is 27.9 Å². The summed E-state index contributed by atoms with van der Waals surface area (Å²) in [6.45, 7) is 7.83. The van der Waals surface area contributed by atoms with Crippen molar-refractivity contribution in [3.63, 3.8) is 0 Å². The van der Waals surface area contributed by atoms with Gasteiger partial charge in [-0.15, -0.1) is 0 Å². The Hall–Kier alpha value is -2.00. The molecule has 1 heterocycles. The molecule has 4 heteroatoms. The second-order valence-corrected chi connectivity index (χ2v) is 5.34. The normalized spacial score (nSPS) is 10.9. The molecule has 0 saturated heterocycles. The van der Waals surface area contributed by atoms with Crippen LogP contribution in [0, 0.1) is 0 Å². The number of fused-ring (bicyclic) bond motifs is 1. The summed E-state index contributed by atoms with van der Waals surface area (Å²) >= 11 is 5.95. The van der Waals surface area contributed by atoms with Crippen molar-refractivity contribution >= 4 is 34.9 Å². The van der Waals surface area contributed by atoms with E-state index in [1.165, 1.54) is 6.20 Å². The zero-order valence-corrected chi connectivity index (χ0v) is 14.8. The lowest BCUT2D eigenvalue weighted by Crippen LogP contribution is -2.06. The predicted molar refractivity (Wildman–Crippen MR) is 98.1 cm³/mol. The molecular formula is C19H22ClNO2. The van der Waals surface area contributed by atoms with Gasteiger partial charge in [0.05, 0.1) is 10.5 Å². The van der Waals surface area contributed by atoms with E-state index in [9.17, 15) is 9.59 Å². The maximum Gasteiger partial charge on any atom is 0.195 e. The van der Waals surface area contributed by atoms with Crippen molar-refractivity contribution in [2.75, 3.05) is 0 Å². The number of pyridine rings is 1. The minimum atomic E-state index is -0.105. The smallest absolute Gasteiger partial charge is 0.195 e. The van der Waals surface area contributed by atoms with Crippen LogP contribution < -0.4 is 5.43 Å². The topological polar surface area (TPSA) is 47.0 Å². The maximum atomic E-state index is 12.8. The van der Waals surface area contributed by atoms with Gasteiger partial charge in [-0.3, -0.25) is 9.78 Å². The summed E-state index contributed by atoms with van der Waals surface area (Å²) in [4.78, 5) is 27.6. The van der Waals surface area contributed by atoms with Crippen molar-refractivity contribution in [1.29, 1.82) is 0 Å². The highest BCUT2D eigenvalue weighted by atomic mass is 35.5. The van der Waals surface area contributed by atoms with Crippen molar-refractivity contribution in [3.05, 3.63) is 56.3 Å². The molecule has 0 bridgehead atoms. The van der Waals surface area contributed by atoms with Gasteiger partial charge in [-0.05, 0) is 31.0 Å². The summed E-state index contributed by atoms with van der Waals surface area (Å²) in [6, 6.07) is 5.38. The first-order valence-electron chi connectivity index (χ1n) is 7.79.